The largest absolute Gasteiger partial charge is 0.480 e. The highest BCUT2D eigenvalue weighted by Crippen LogP contribution is 2.23. The SMILES string of the molecule is COCCNC(=O)N1Cc2ccccc2C[C@@H]1C(=O)O. The number of rotatable bonds is 4. The van der Waals surface area contributed by atoms with Crippen LogP contribution in [0, 0.1) is 0 Å². The number of aliphatic carboxylic acids is 1. The van der Waals surface area contributed by atoms with E-state index >= 15 is 0 Å². The Morgan fingerprint density at radius 3 is 2.75 bits per heavy atom. The quantitative estimate of drug-likeness (QED) is 0.800. The number of ether oxygens (including phenoxy) is 1. The molecule has 0 fully saturated rings. The summed E-state index contributed by atoms with van der Waals surface area (Å²) >= 11 is 0. The van der Waals surface area contributed by atoms with Crippen LogP contribution in [0.2, 0.25) is 0 Å². The molecule has 1 aliphatic rings. The predicted molar refractivity (Wildman–Crippen MR) is 72.4 cm³/mol. The van der Waals surface area contributed by atoms with E-state index in [2.05, 4.69) is 5.32 Å². The summed E-state index contributed by atoms with van der Waals surface area (Å²) in [7, 11) is 1.54. The van der Waals surface area contributed by atoms with Crippen molar-refractivity contribution in [3.63, 3.8) is 0 Å². The fraction of sp³-hybridized carbons (Fsp3) is 0.429. The van der Waals surface area contributed by atoms with Crippen LogP contribution >= 0.6 is 0 Å². The van der Waals surface area contributed by atoms with Gasteiger partial charge in [-0.3, -0.25) is 0 Å². The zero-order chi connectivity index (χ0) is 14.5. The number of hydrogen-bond acceptors (Lipinski definition) is 3. The number of carbonyl (C=O) groups excluding carboxylic acids is 1. The number of nitrogens with one attached hydrogen (secondary N) is 1. The second kappa shape index (κ2) is 6.38. The van der Waals surface area contributed by atoms with Crippen LogP contribution in [0.5, 0.6) is 0 Å². The molecule has 0 aromatic heterocycles. The molecule has 0 unspecified atom stereocenters. The van der Waals surface area contributed by atoms with Crippen molar-refractivity contribution in [1.82, 2.24) is 10.2 Å². The minimum atomic E-state index is -0.985. The first kappa shape index (κ1) is 14.3. The predicted octanol–water partition coefficient (Wildman–Crippen LogP) is 0.854. The van der Waals surface area contributed by atoms with E-state index in [4.69, 9.17) is 4.74 Å². The van der Waals surface area contributed by atoms with Crippen LogP contribution in [0.3, 0.4) is 0 Å². The van der Waals surface area contributed by atoms with Gasteiger partial charge >= 0.3 is 12.0 Å². The molecule has 0 radical (unpaired) electrons. The van der Waals surface area contributed by atoms with Gasteiger partial charge in [-0.15, -0.1) is 0 Å². The Morgan fingerprint density at radius 2 is 2.10 bits per heavy atom. The van der Waals surface area contributed by atoms with E-state index in [1.807, 2.05) is 24.3 Å². The van der Waals surface area contributed by atoms with Crippen LogP contribution in [-0.4, -0.2) is 48.3 Å². The molecule has 6 nitrogen and oxygen atoms in total. The first-order chi connectivity index (χ1) is 9.63. The second-order valence-corrected chi connectivity index (χ2v) is 4.68. The number of benzene rings is 1. The van der Waals surface area contributed by atoms with Crippen molar-refractivity contribution in [3.05, 3.63) is 35.4 Å². The molecule has 1 heterocycles. The molecular formula is C14H18N2O4. The van der Waals surface area contributed by atoms with Gasteiger partial charge in [0.25, 0.3) is 0 Å². The number of nitrogens with zero attached hydrogens (tertiary/aromatic N) is 1. The summed E-state index contributed by atoms with van der Waals surface area (Å²) in [5.74, 6) is -0.985. The molecule has 108 valence electrons. The van der Waals surface area contributed by atoms with E-state index in [-0.39, 0.29) is 6.03 Å². The second-order valence-electron chi connectivity index (χ2n) is 4.68. The molecule has 2 amide bonds. The van der Waals surface area contributed by atoms with Crippen molar-refractivity contribution in [2.45, 2.75) is 19.0 Å². The molecule has 6 heteroatoms. The molecule has 2 N–H and O–H groups in total. The van der Waals surface area contributed by atoms with Gasteiger partial charge in [0.05, 0.1) is 6.61 Å². The number of methoxy groups -OCH3 is 1. The van der Waals surface area contributed by atoms with E-state index < -0.39 is 12.0 Å². The lowest BCUT2D eigenvalue weighted by atomic mass is 9.94. The summed E-state index contributed by atoms with van der Waals surface area (Å²) < 4.78 is 4.86. The monoisotopic (exact) mass is 278 g/mol. The number of carboxylic acid groups (broad SMARTS) is 1. The van der Waals surface area contributed by atoms with E-state index in [0.717, 1.165) is 11.1 Å². The molecule has 0 bridgehead atoms. The molecular weight excluding hydrogens is 260 g/mol. The van der Waals surface area contributed by atoms with Gasteiger partial charge in [-0.2, -0.15) is 0 Å². The fourth-order valence-corrected chi connectivity index (χ4v) is 2.32. The maximum atomic E-state index is 12.1. The summed E-state index contributed by atoms with van der Waals surface area (Å²) in [6.45, 7) is 1.07. The van der Waals surface area contributed by atoms with Crippen molar-refractivity contribution in [1.29, 1.82) is 0 Å². The lowest BCUT2D eigenvalue weighted by Crippen LogP contribution is -2.52. The third kappa shape index (κ3) is 3.08. The molecule has 2 rings (SSSR count). The Labute approximate surface area is 117 Å². The first-order valence-electron chi connectivity index (χ1n) is 6.46. The first-order valence-corrected chi connectivity index (χ1v) is 6.46. The normalized spacial score (nSPS) is 17.4. The molecule has 0 saturated heterocycles. The van der Waals surface area contributed by atoms with Crippen LogP contribution in [0.25, 0.3) is 0 Å². The highest BCUT2D eigenvalue weighted by atomic mass is 16.5. The minimum Gasteiger partial charge on any atom is -0.480 e. The summed E-state index contributed by atoms with van der Waals surface area (Å²) in [6.07, 6.45) is 0.337. The van der Waals surface area contributed by atoms with Gasteiger partial charge in [0.15, 0.2) is 0 Å². The zero-order valence-electron chi connectivity index (χ0n) is 11.3. The van der Waals surface area contributed by atoms with E-state index in [0.29, 0.717) is 26.1 Å². The maximum Gasteiger partial charge on any atom is 0.326 e. The van der Waals surface area contributed by atoms with Gasteiger partial charge in [-0.1, -0.05) is 24.3 Å². The average molecular weight is 278 g/mol. The van der Waals surface area contributed by atoms with Crippen molar-refractivity contribution >= 4 is 12.0 Å². The molecule has 0 saturated carbocycles. The number of urea groups is 1. The van der Waals surface area contributed by atoms with E-state index in [1.54, 1.807) is 7.11 Å². The molecule has 1 aliphatic heterocycles. The molecule has 0 aliphatic carbocycles. The Bertz CT molecular complexity index is 504. The van der Waals surface area contributed by atoms with Gasteiger partial charge in [0.2, 0.25) is 0 Å². The highest BCUT2D eigenvalue weighted by Gasteiger charge is 2.34. The number of carbonyl (C=O) groups is 2. The van der Waals surface area contributed by atoms with Crippen LogP contribution in [-0.2, 0) is 22.5 Å². The van der Waals surface area contributed by atoms with Gasteiger partial charge in [0.1, 0.15) is 6.04 Å². The van der Waals surface area contributed by atoms with Crippen LogP contribution in [0.4, 0.5) is 4.79 Å². The minimum absolute atomic E-state index is 0.311. The van der Waals surface area contributed by atoms with Crippen molar-refractivity contribution in [2.75, 3.05) is 20.3 Å². The lowest BCUT2D eigenvalue weighted by Gasteiger charge is -2.34. The summed E-state index contributed by atoms with van der Waals surface area (Å²) in [5, 5.41) is 12.0. The van der Waals surface area contributed by atoms with E-state index in [9.17, 15) is 14.7 Å². The lowest BCUT2D eigenvalue weighted by molar-refractivity contribution is -0.142. The summed E-state index contributed by atoms with van der Waals surface area (Å²) in [5.41, 5.74) is 1.98. The summed E-state index contributed by atoms with van der Waals surface area (Å²) in [4.78, 5) is 24.8. The molecule has 1 aromatic rings. The van der Waals surface area contributed by atoms with Gasteiger partial charge < -0.3 is 20.1 Å². The Morgan fingerprint density at radius 1 is 1.40 bits per heavy atom. The Hall–Kier alpha value is -2.08. The third-order valence-corrected chi connectivity index (χ3v) is 3.38. The maximum absolute atomic E-state index is 12.1. The summed E-state index contributed by atoms with van der Waals surface area (Å²) in [6, 6.07) is 6.40. The van der Waals surface area contributed by atoms with Crippen LogP contribution in [0.1, 0.15) is 11.1 Å². The highest BCUT2D eigenvalue weighted by molar-refractivity contribution is 5.83. The molecule has 0 spiro atoms. The Kier molecular flexibility index (Phi) is 4.57. The van der Waals surface area contributed by atoms with Crippen molar-refractivity contribution in [2.24, 2.45) is 0 Å². The third-order valence-electron chi connectivity index (χ3n) is 3.38. The van der Waals surface area contributed by atoms with Gasteiger partial charge in [-0.25, -0.2) is 9.59 Å². The van der Waals surface area contributed by atoms with Gasteiger partial charge in [0, 0.05) is 26.6 Å². The van der Waals surface area contributed by atoms with E-state index in [1.165, 1.54) is 4.90 Å². The number of fused-ring (bicyclic) bond motifs is 1. The number of amides is 2. The Balaban J connectivity index is 2.13. The van der Waals surface area contributed by atoms with Crippen molar-refractivity contribution in [3.8, 4) is 0 Å². The van der Waals surface area contributed by atoms with Crippen molar-refractivity contribution < 1.29 is 19.4 Å². The topological polar surface area (TPSA) is 78.9 Å². The standard InChI is InChI=1S/C14H18N2O4/c1-20-7-6-15-14(19)16-9-11-5-3-2-4-10(11)8-12(16)13(17)18/h2-5,12H,6-9H2,1H3,(H,15,19)(H,17,18)/t12-/m1/s1. The van der Waals surface area contributed by atoms with Crippen LogP contribution in [0.15, 0.2) is 24.3 Å². The van der Waals surface area contributed by atoms with Crippen LogP contribution < -0.4 is 5.32 Å². The number of carboxylic acids is 1. The zero-order valence-corrected chi connectivity index (χ0v) is 11.3. The number of hydrogen-bond donors (Lipinski definition) is 2. The molecule has 1 atom stereocenters. The smallest absolute Gasteiger partial charge is 0.326 e. The van der Waals surface area contributed by atoms with Gasteiger partial charge in [-0.05, 0) is 11.1 Å². The molecule has 1 aromatic carbocycles. The fourth-order valence-electron chi connectivity index (χ4n) is 2.32. The average Bonchev–Trinajstić information content (AvgIpc) is 2.46. The molecule has 20 heavy (non-hydrogen) atoms.